The molecule has 1 aromatic rings. The number of hydrogen-bond acceptors (Lipinski definition) is 3. The van der Waals surface area contributed by atoms with Gasteiger partial charge in [-0.3, -0.25) is 4.90 Å². The smallest absolute Gasteiger partial charge is 0.128 e. The molecule has 2 unspecified atom stereocenters. The van der Waals surface area contributed by atoms with E-state index in [0.29, 0.717) is 6.10 Å². The molecular formula is C16H25FN2O. The number of likely N-dealkylation sites (tertiary alicyclic amines) is 1. The summed E-state index contributed by atoms with van der Waals surface area (Å²) in [6.45, 7) is 3.87. The molecule has 0 saturated carbocycles. The first kappa shape index (κ1) is 15.4. The van der Waals surface area contributed by atoms with Crippen molar-refractivity contribution in [1.29, 1.82) is 0 Å². The van der Waals surface area contributed by atoms with Crippen molar-refractivity contribution in [3.63, 3.8) is 0 Å². The molecule has 2 rings (SSSR count). The molecule has 0 aliphatic carbocycles. The first-order valence-corrected chi connectivity index (χ1v) is 7.44. The number of methoxy groups -OCH3 is 1. The molecule has 1 aliphatic rings. The van der Waals surface area contributed by atoms with E-state index in [1.807, 2.05) is 12.1 Å². The predicted octanol–water partition coefficient (Wildman–Crippen LogP) is 2.71. The zero-order valence-corrected chi connectivity index (χ0v) is 12.4. The van der Waals surface area contributed by atoms with Crippen molar-refractivity contribution in [2.45, 2.75) is 44.4 Å². The average Bonchev–Trinajstić information content (AvgIpc) is 2.50. The number of hydrogen-bond donors (Lipinski definition) is 1. The van der Waals surface area contributed by atoms with Crippen molar-refractivity contribution >= 4 is 0 Å². The molecule has 3 nitrogen and oxygen atoms in total. The number of nitrogens with zero attached hydrogens (tertiary/aromatic N) is 1. The van der Waals surface area contributed by atoms with Crippen LogP contribution in [0.2, 0.25) is 0 Å². The number of halogens is 1. The largest absolute Gasteiger partial charge is 0.381 e. The fraction of sp³-hybridized carbons (Fsp3) is 0.625. The molecule has 1 aliphatic heterocycles. The van der Waals surface area contributed by atoms with Crippen LogP contribution in [-0.2, 0) is 4.74 Å². The summed E-state index contributed by atoms with van der Waals surface area (Å²) in [7, 11) is 1.76. The molecule has 0 aromatic heterocycles. The molecule has 0 amide bonds. The summed E-state index contributed by atoms with van der Waals surface area (Å²) in [6, 6.07) is 6.90. The molecule has 112 valence electrons. The highest BCUT2D eigenvalue weighted by Gasteiger charge is 2.30. The summed E-state index contributed by atoms with van der Waals surface area (Å²) in [4.78, 5) is 2.31. The second-order valence-corrected chi connectivity index (χ2v) is 5.51. The van der Waals surface area contributed by atoms with Gasteiger partial charge in [0.15, 0.2) is 0 Å². The minimum absolute atomic E-state index is 0.0426. The van der Waals surface area contributed by atoms with Gasteiger partial charge in [0, 0.05) is 31.8 Å². The second-order valence-electron chi connectivity index (χ2n) is 5.51. The second kappa shape index (κ2) is 7.16. The van der Waals surface area contributed by atoms with Gasteiger partial charge in [-0.1, -0.05) is 25.1 Å². The molecular weight excluding hydrogens is 255 g/mol. The van der Waals surface area contributed by atoms with Crippen LogP contribution in [0, 0.1) is 5.82 Å². The zero-order chi connectivity index (χ0) is 14.5. The van der Waals surface area contributed by atoms with E-state index in [-0.39, 0.29) is 17.9 Å². The molecule has 1 fully saturated rings. The Labute approximate surface area is 120 Å². The summed E-state index contributed by atoms with van der Waals surface area (Å²) >= 11 is 0. The van der Waals surface area contributed by atoms with Crippen LogP contribution in [0.3, 0.4) is 0 Å². The number of piperidine rings is 1. The third kappa shape index (κ3) is 3.37. The van der Waals surface area contributed by atoms with E-state index >= 15 is 0 Å². The zero-order valence-electron chi connectivity index (χ0n) is 12.4. The SMILES string of the molecule is CCC(N)C(c1ccccc1F)N1CCC(OC)CC1. The van der Waals surface area contributed by atoms with Gasteiger partial charge in [0.2, 0.25) is 0 Å². The van der Waals surface area contributed by atoms with Crippen LogP contribution in [0.1, 0.15) is 37.8 Å². The van der Waals surface area contributed by atoms with Gasteiger partial charge in [0.05, 0.1) is 12.1 Å². The van der Waals surface area contributed by atoms with Crippen molar-refractivity contribution in [2.75, 3.05) is 20.2 Å². The number of rotatable bonds is 5. The highest BCUT2D eigenvalue weighted by Crippen LogP contribution is 2.30. The normalized spacial score (nSPS) is 20.8. The lowest BCUT2D eigenvalue weighted by molar-refractivity contribution is 0.0216. The van der Waals surface area contributed by atoms with Gasteiger partial charge in [0.25, 0.3) is 0 Å². The van der Waals surface area contributed by atoms with Gasteiger partial charge in [-0.15, -0.1) is 0 Å². The van der Waals surface area contributed by atoms with Gasteiger partial charge < -0.3 is 10.5 Å². The van der Waals surface area contributed by atoms with Crippen molar-refractivity contribution in [3.05, 3.63) is 35.6 Å². The minimum atomic E-state index is -0.157. The van der Waals surface area contributed by atoms with E-state index in [1.165, 1.54) is 6.07 Å². The lowest BCUT2D eigenvalue weighted by atomic mass is 9.93. The number of ether oxygens (including phenoxy) is 1. The van der Waals surface area contributed by atoms with Gasteiger partial charge in [-0.25, -0.2) is 4.39 Å². The highest BCUT2D eigenvalue weighted by molar-refractivity contribution is 5.23. The van der Waals surface area contributed by atoms with E-state index in [2.05, 4.69) is 11.8 Å². The Bertz CT molecular complexity index is 419. The predicted molar refractivity (Wildman–Crippen MR) is 79.0 cm³/mol. The Balaban J connectivity index is 2.19. The fourth-order valence-electron chi connectivity index (χ4n) is 3.03. The maximum absolute atomic E-state index is 14.1. The Morgan fingerprint density at radius 2 is 2.00 bits per heavy atom. The molecule has 4 heteroatoms. The van der Waals surface area contributed by atoms with Gasteiger partial charge in [-0.2, -0.15) is 0 Å². The molecule has 0 radical (unpaired) electrons. The maximum Gasteiger partial charge on any atom is 0.128 e. The van der Waals surface area contributed by atoms with Crippen molar-refractivity contribution in [2.24, 2.45) is 5.73 Å². The van der Waals surface area contributed by atoms with Gasteiger partial charge in [0.1, 0.15) is 5.82 Å². The first-order valence-electron chi connectivity index (χ1n) is 7.44. The van der Waals surface area contributed by atoms with E-state index < -0.39 is 0 Å². The molecule has 1 heterocycles. The minimum Gasteiger partial charge on any atom is -0.381 e. The van der Waals surface area contributed by atoms with Crippen LogP contribution >= 0.6 is 0 Å². The summed E-state index contributed by atoms with van der Waals surface area (Å²) in [5.41, 5.74) is 7.00. The summed E-state index contributed by atoms with van der Waals surface area (Å²) in [6.07, 6.45) is 3.13. The standard InChI is InChI=1S/C16H25FN2O/c1-3-15(18)16(13-6-4-5-7-14(13)17)19-10-8-12(20-2)9-11-19/h4-7,12,15-16H,3,8-11,18H2,1-2H3. The molecule has 2 N–H and O–H groups in total. The van der Waals surface area contributed by atoms with Crippen LogP contribution in [0.15, 0.2) is 24.3 Å². The Hall–Kier alpha value is -0.970. The summed E-state index contributed by atoms with van der Waals surface area (Å²) in [5, 5.41) is 0. The maximum atomic E-state index is 14.1. The van der Waals surface area contributed by atoms with Gasteiger partial charge >= 0.3 is 0 Å². The van der Waals surface area contributed by atoms with E-state index in [4.69, 9.17) is 10.5 Å². The Kier molecular flexibility index (Phi) is 5.52. The molecule has 1 aromatic carbocycles. The molecule has 20 heavy (non-hydrogen) atoms. The van der Waals surface area contributed by atoms with Crippen LogP contribution in [0.25, 0.3) is 0 Å². The molecule has 0 bridgehead atoms. The monoisotopic (exact) mass is 280 g/mol. The topological polar surface area (TPSA) is 38.5 Å². The summed E-state index contributed by atoms with van der Waals surface area (Å²) in [5.74, 6) is -0.157. The molecule has 0 spiro atoms. The van der Waals surface area contributed by atoms with Crippen molar-refractivity contribution in [3.8, 4) is 0 Å². The highest BCUT2D eigenvalue weighted by atomic mass is 19.1. The van der Waals surface area contributed by atoms with E-state index in [1.54, 1.807) is 13.2 Å². The van der Waals surface area contributed by atoms with E-state index in [9.17, 15) is 4.39 Å². The quantitative estimate of drug-likeness (QED) is 0.901. The molecule has 1 saturated heterocycles. The lowest BCUT2D eigenvalue weighted by Crippen LogP contribution is -2.46. The van der Waals surface area contributed by atoms with Crippen LogP contribution in [-0.4, -0.2) is 37.2 Å². The average molecular weight is 280 g/mol. The van der Waals surface area contributed by atoms with Crippen molar-refractivity contribution < 1.29 is 9.13 Å². The number of nitrogens with two attached hydrogens (primary N) is 1. The summed E-state index contributed by atoms with van der Waals surface area (Å²) < 4.78 is 19.5. The third-order valence-corrected chi connectivity index (χ3v) is 4.30. The van der Waals surface area contributed by atoms with Crippen molar-refractivity contribution in [1.82, 2.24) is 4.90 Å². The van der Waals surface area contributed by atoms with Gasteiger partial charge in [-0.05, 0) is 25.3 Å². The Morgan fingerprint density at radius 3 is 2.55 bits per heavy atom. The third-order valence-electron chi connectivity index (χ3n) is 4.30. The van der Waals surface area contributed by atoms with Crippen LogP contribution in [0.5, 0.6) is 0 Å². The Morgan fingerprint density at radius 1 is 1.35 bits per heavy atom. The number of benzene rings is 1. The van der Waals surface area contributed by atoms with E-state index in [0.717, 1.165) is 37.9 Å². The molecule has 2 atom stereocenters. The van der Waals surface area contributed by atoms with Crippen LogP contribution < -0.4 is 5.73 Å². The lowest BCUT2D eigenvalue weighted by Gasteiger charge is -2.40. The fourth-order valence-corrected chi connectivity index (χ4v) is 3.03. The van der Waals surface area contributed by atoms with Crippen LogP contribution in [0.4, 0.5) is 4.39 Å². The first-order chi connectivity index (χ1) is 9.67.